The number of unbranched alkanes of at least 4 members (excludes halogenated alkanes) is 6. The molecule has 12 heavy (non-hydrogen) atoms. The maximum absolute atomic E-state index is 2.73. The Morgan fingerprint density at radius 2 is 1.67 bits per heavy atom. The summed E-state index contributed by atoms with van der Waals surface area (Å²) in [7, 11) is 2.73. The molecule has 0 radical (unpaired) electrons. The highest BCUT2D eigenvalue weighted by Gasteiger charge is 1.88. The minimum absolute atomic E-state index is 1.27. The molecule has 0 fully saturated rings. The van der Waals surface area contributed by atoms with Crippen molar-refractivity contribution in [2.24, 2.45) is 0 Å². The standard InChI is InChI=1S/C11H23P/c1-3-4-5-6-7-8-9-10-11(2)12/h10H,3-9,12H2,1-2H3. The topological polar surface area (TPSA) is 0 Å². The second-order valence-corrected chi connectivity index (χ2v) is 4.42. The van der Waals surface area contributed by atoms with Gasteiger partial charge in [0.2, 0.25) is 0 Å². The van der Waals surface area contributed by atoms with E-state index in [9.17, 15) is 0 Å². The molecule has 0 aliphatic carbocycles. The number of allylic oxidation sites excluding steroid dienone is 2. The highest BCUT2D eigenvalue weighted by atomic mass is 31.0. The third-order valence-corrected chi connectivity index (χ3v) is 2.26. The predicted octanol–water partition coefficient (Wildman–Crippen LogP) is 4.52. The summed E-state index contributed by atoms with van der Waals surface area (Å²) in [6.07, 6.45) is 12.0. The highest BCUT2D eigenvalue weighted by molar-refractivity contribution is 7.22. The van der Waals surface area contributed by atoms with E-state index in [0.29, 0.717) is 0 Å². The second kappa shape index (κ2) is 9.26. The fourth-order valence-corrected chi connectivity index (χ4v) is 1.42. The first kappa shape index (κ1) is 12.2. The van der Waals surface area contributed by atoms with E-state index in [-0.39, 0.29) is 0 Å². The van der Waals surface area contributed by atoms with Gasteiger partial charge in [-0.2, -0.15) is 0 Å². The van der Waals surface area contributed by atoms with Gasteiger partial charge in [-0.1, -0.05) is 50.4 Å². The van der Waals surface area contributed by atoms with Crippen LogP contribution in [0.1, 0.15) is 58.8 Å². The van der Waals surface area contributed by atoms with Crippen LogP contribution in [0.25, 0.3) is 0 Å². The maximum Gasteiger partial charge on any atom is -0.0345 e. The zero-order valence-electron chi connectivity index (χ0n) is 8.60. The predicted molar refractivity (Wildman–Crippen MR) is 61.5 cm³/mol. The second-order valence-electron chi connectivity index (χ2n) is 3.50. The van der Waals surface area contributed by atoms with Crippen molar-refractivity contribution in [2.45, 2.75) is 58.8 Å². The molecule has 0 bridgehead atoms. The first-order chi connectivity index (χ1) is 5.77. The van der Waals surface area contributed by atoms with Gasteiger partial charge in [0.05, 0.1) is 0 Å². The molecule has 1 unspecified atom stereocenters. The summed E-state index contributed by atoms with van der Waals surface area (Å²) in [4.78, 5) is 0. The lowest BCUT2D eigenvalue weighted by Gasteiger charge is -1.97. The van der Waals surface area contributed by atoms with Crippen molar-refractivity contribution in [3.63, 3.8) is 0 Å². The van der Waals surface area contributed by atoms with Crippen LogP contribution in [0.15, 0.2) is 11.4 Å². The van der Waals surface area contributed by atoms with Gasteiger partial charge in [-0.05, 0) is 19.8 Å². The van der Waals surface area contributed by atoms with Gasteiger partial charge < -0.3 is 0 Å². The van der Waals surface area contributed by atoms with E-state index in [1.54, 1.807) is 0 Å². The molecular formula is C11H23P. The quantitative estimate of drug-likeness (QED) is 0.405. The highest BCUT2D eigenvalue weighted by Crippen LogP contribution is 2.10. The summed E-state index contributed by atoms with van der Waals surface area (Å²) in [6, 6.07) is 0. The van der Waals surface area contributed by atoms with Crippen LogP contribution < -0.4 is 0 Å². The van der Waals surface area contributed by atoms with Crippen molar-refractivity contribution in [3.05, 3.63) is 11.4 Å². The van der Waals surface area contributed by atoms with E-state index in [1.807, 2.05) is 0 Å². The molecule has 0 rings (SSSR count). The molecule has 0 aromatic carbocycles. The molecule has 0 saturated carbocycles. The molecule has 0 aromatic heterocycles. The van der Waals surface area contributed by atoms with Crippen molar-refractivity contribution in [1.29, 1.82) is 0 Å². The van der Waals surface area contributed by atoms with E-state index in [2.05, 4.69) is 29.2 Å². The molecule has 72 valence electrons. The number of hydrogen-bond acceptors (Lipinski definition) is 0. The molecule has 1 heteroatoms. The van der Waals surface area contributed by atoms with E-state index < -0.39 is 0 Å². The van der Waals surface area contributed by atoms with Gasteiger partial charge >= 0.3 is 0 Å². The van der Waals surface area contributed by atoms with Crippen molar-refractivity contribution >= 4 is 9.24 Å². The lowest BCUT2D eigenvalue weighted by atomic mass is 10.1. The Kier molecular flexibility index (Phi) is 9.39. The summed E-state index contributed by atoms with van der Waals surface area (Å²) >= 11 is 0. The Labute approximate surface area is 80.0 Å². The van der Waals surface area contributed by atoms with Gasteiger partial charge in [0.15, 0.2) is 0 Å². The molecule has 0 amide bonds. The van der Waals surface area contributed by atoms with E-state index in [4.69, 9.17) is 0 Å². The maximum atomic E-state index is 2.73. The van der Waals surface area contributed by atoms with Crippen LogP contribution in [0.3, 0.4) is 0 Å². The summed E-state index contributed by atoms with van der Waals surface area (Å²) in [5.41, 5.74) is 0. The van der Waals surface area contributed by atoms with Crippen LogP contribution in [-0.2, 0) is 0 Å². The monoisotopic (exact) mass is 186 g/mol. The van der Waals surface area contributed by atoms with Gasteiger partial charge in [-0.25, -0.2) is 0 Å². The van der Waals surface area contributed by atoms with Crippen molar-refractivity contribution < 1.29 is 0 Å². The van der Waals surface area contributed by atoms with Crippen molar-refractivity contribution in [1.82, 2.24) is 0 Å². The first-order valence-electron chi connectivity index (χ1n) is 5.19. The van der Waals surface area contributed by atoms with Gasteiger partial charge in [0.25, 0.3) is 0 Å². The van der Waals surface area contributed by atoms with Gasteiger partial charge in [-0.3, -0.25) is 0 Å². The summed E-state index contributed by atoms with van der Waals surface area (Å²) in [5, 5.41) is 1.38. The van der Waals surface area contributed by atoms with Crippen molar-refractivity contribution in [2.75, 3.05) is 0 Å². The molecule has 0 aliphatic heterocycles. The minimum atomic E-state index is 1.27. The Hall–Kier alpha value is 0.170. The third kappa shape index (κ3) is 10.2. The molecule has 0 spiro atoms. The molecule has 0 N–H and O–H groups in total. The molecule has 0 saturated heterocycles. The average molecular weight is 186 g/mol. The molecule has 0 nitrogen and oxygen atoms in total. The Morgan fingerprint density at radius 1 is 1.08 bits per heavy atom. The largest absolute Gasteiger partial charge is 0.111 e. The number of hydrogen-bond donors (Lipinski definition) is 0. The van der Waals surface area contributed by atoms with E-state index in [1.165, 1.54) is 50.3 Å². The SMILES string of the molecule is CCCCCCCCC=C(C)P. The smallest absolute Gasteiger partial charge is 0.0345 e. The molecule has 0 aromatic rings. The Morgan fingerprint density at radius 3 is 2.25 bits per heavy atom. The average Bonchev–Trinajstić information content (AvgIpc) is 2.02. The van der Waals surface area contributed by atoms with Crippen LogP contribution in [-0.4, -0.2) is 0 Å². The molecule has 0 aliphatic rings. The van der Waals surface area contributed by atoms with Gasteiger partial charge in [0.1, 0.15) is 0 Å². The first-order valence-corrected chi connectivity index (χ1v) is 5.77. The summed E-state index contributed by atoms with van der Waals surface area (Å²) in [5.74, 6) is 0. The zero-order valence-corrected chi connectivity index (χ0v) is 9.76. The molecule has 0 heterocycles. The van der Waals surface area contributed by atoms with Gasteiger partial charge in [0, 0.05) is 0 Å². The van der Waals surface area contributed by atoms with Crippen LogP contribution in [0.4, 0.5) is 0 Å². The molecular weight excluding hydrogens is 163 g/mol. The fraction of sp³-hybridized carbons (Fsp3) is 0.818. The van der Waals surface area contributed by atoms with E-state index >= 15 is 0 Å². The fourth-order valence-electron chi connectivity index (χ4n) is 1.25. The lowest BCUT2D eigenvalue weighted by molar-refractivity contribution is 0.611. The lowest BCUT2D eigenvalue weighted by Crippen LogP contribution is -1.77. The molecule has 1 atom stereocenters. The van der Waals surface area contributed by atoms with Crippen LogP contribution in [0.2, 0.25) is 0 Å². The van der Waals surface area contributed by atoms with Crippen LogP contribution >= 0.6 is 9.24 Å². The summed E-state index contributed by atoms with van der Waals surface area (Å²) < 4.78 is 0. The van der Waals surface area contributed by atoms with Crippen LogP contribution in [0, 0.1) is 0 Å². The Balaban J connectivity index is 2.96. The van der Waals surface area contributed by atoms with Crippen molar-refractivity contribution in [3.8, 4) is 0 Å². The number of rotatable bonds is 7. The van der Waals surface area contributed by atoms with Crippen LogP contribution in [0.5, 0.6) is 0 Å². The Bertz CT molecular complexity index is 112. The van der Waals surface area contributed by atoms with Gasteiger partial charge in [-0.15, -0.1) is 9.24 Å². The zero-order chi connectivity index (χ0) is 9.23. The van der Waals surface area contributed by atoms with E-state index in [0.717, 1.165) is 0 Å². The minimum Gasteiger partial charge on any atom is -0.111 e. The third-order valence-electron chi connectivity index (χ3n) is 2.02. The summed E-state index contributed by atoms with van der Waals surface area (Å²) in [6.45, 7) is 4.40. The normalized spacial score (nSPS) is 12.1.